The number of hydrogen-bond acceptors (Lipinski definition) is 5. The van der Waals surface area contributed by atoms with E-state index in [1.165, 1.54) is 6.07 Å². The maximum atomic E-state index is 10.9. The van der Waals surface area contributed by atoms with Gasteiger partial charge in [-0.15, -0.1) is 0 Å². The largest absolute Gasteiger partial charge is 0.467 e. The Balaban J connectivity index is 3.30. The van der Waals surface area contributed by atoms with Gasteiger partial charge < -0.3 is 4.74 Å². The number of hydrogen-bond donors (Lipinski definition) is 0. The van der Waals surface area contributed by atoms with Gasteiger partial charge in [0.25, 0.3) is 0 Å². The van der Waals surface area contributed by atoms with Crippen molar-refractivity contribution in [3.8, 4) is 17.9 Å². The first kappa shape index (κ1) is 14.2. The summed E-state index contributed by atoms with van der Waals surface area (Å²) in [6, 6.07) is 6.37. The van der Waals surface area contributed by atoms with Crippen LogP contribution in [0.1, 0.15) is 18.9 Å². The number of nitro benzene ring substituents is 1. The Bertz CT molecular complexity index is 560. The Morgan fingerprint density at radius 2 is 2.22 bits per heavy atom. The minimum Gasteiger partial charge on any atom is -0.467 e. The molecule has 1 unspecified atom stereocenters. The van der Waals surface area contributed by atoms with Crippen LogP contribution in [0.2, 0.25) is 0 Å². The highest BCUT2D eigenvalue weighted by molar-refractivity contribution is 14.1. The number of nitro groups is 1. The zero-order valence-electron chi connectivity index (χ0n) is 9.38. The second kappa shape index (κ2) is 6.17. The Kier molecular flexibility index (Phi) is 4.86. The zero-order valence-corrected chi connectivity index (χ0v) is 11.5. The molecular weight excluding hydrogens is 349 g/mol. The highest BCUT2D eigenvalue weighted by Gasteiger charge is 2.22. The third-order valence-electron chi connectivity index (χ3n) is 2.12. The molecule has 0 aliphatic carbocycles. The van der Waals surface area contributed by atoms with Crippen molar-refractivity contribution >= 4 is 28.3 Å². The minimum atomic E-state index is -0.745. The van der Waals surface area contributed by atoms with Crippen molar-refractivity contribution in [2.75, 3.05) is 0 Å². The second-order valence-corrected chi connectivity index (χ2v) is 4.48. The highest BCUT2D eigenvalue weighted by atomic mass is 127. The van der Waals surface area contributed by atoms with E-state index in [1.54, 1.807) is 6.92 Å². The van der Waals surface area contributed by atoms with Crippen molar-refractivity contribution in [1.82, 2.24) is 0 Å². The summed E-state index contributed by atoms with van der Waals surface area (Å²) < 4.78 is 5.75. The molecule has 7 heteroatoms. The lowest BCUT2D eigenvalue weighted by Crippen LogP contribution is -2.14. The lowest BCUT2D eigenvalue weighted by Gasteiger charge is -2.12. The van der Waals surface area contributed by atoms with Crippen LogP contribution in [0.5, 0.6) is 5.75 Å². The fourth-order valence-corrected chi connectivity index (χ4v) is 1.98. The Morgan fingerprint density at radius 3 is 2.67 bits per heavy atom. The van der Waals surface area contributed by atoms with Gasteiger partial charge in [-0.25, -0.2) is 0 Å². The quantitative estimate of drug-likeness (QED) is 0.469. The SMILES string of the molecule is CCC(C#N)Oc1c(I)cc(C#N)cc1[N+](=O)[O-]. The molecule has 0 fully saturated rings. The normalized spacial score (nSPS) is 11.1. The smallest absolute Gasteiger partial charge is 0.313 e. The molecule has 0 radical (unpaired) electrons. The second-order valence-electron chi connectivity index (χ2n) is 3.32. The van der Waals surface area contributed by atoms with Crippen molar-refractivity contribution < 1.29 is 9.66 Å². The van der Waals surface area contributed by atoms with Gasteiger partial charge in [-0.2, -0.15) is 10.5 Å². The fourth-order valence-electron chi connectivity index (χ4n) is 1.24. The van der Waals surface area contributed by atoms with Gasteiger partial charge in [0.2, 0.25) is 5.75 Å². The summed E-state index contributed by atoms with van der Waals surface area (Å²) in [4.78, 5) is 10.3. The van der Waals surface area contributed by atoms with Gasteiger partial charge in [0.15, 0.2) is 6.10 Å². The molecule has 0 saturated carbocycles. The van der Waals surface area contributed by atoms with Gasteiger partial charge in [0, 0.05) is 6.07 Å². The summed E-state index contributed by atoms with van der Waals surface area (Å²) in [7, 11) is 0. The number of benzene rings is 1. The third-order valence-corrected chi connectivity index (χ3v) is 2.93. The Morgan fingerprint density at radius 1 is 1.56 bits per heavy atom. The topological polar surface area (TPSA) is 99.9 Å². The summed E-state index contributed by atoms with van der Waals surface area (Å²) >= 11 is 1.84. The van der Waals surface area contributed by atoms with Crippen LogP contribution in [0.25, 0.3) is 0 Å². The third kappa shape index (κ3) is 3.08. The maximum Gasteiger partial charge on any atom is 0.313 e. The number of ether oxygens (including phenoxy) is 1. The van der Waals surface area contributed by atoms with Crippen LogP contribution in [-0.2, 0) is 0 Å². The van der Waals surface area contributed by atoms with Crippen LogP contribution in [0, 0.1) is 36.3 Å². The average Bonchev–Trinajstić information content (AvgIpc) is 2.36. The molecule has 0 N–H and O–H groups in total. The van der Waals surface area contributed by atoms with Crippen molar-refractivity contribution in [3.63, 3.8) is 0 Å². The van der Waals surface area contributed by atoms with Crippen LogP contribution in [-0.4, -0.2) is 11.0 Å². The standard InChI is InChI=1S/C11H8IN3O3/c1-2-8(6-14)18-11-9(12)3-7(5-13)4-10(11)15(16)17/h3-4,8H,2H2,1H3. The molecule has 0 amide bonds. The molecule has 0 spiro atoms. The molecule has 1 atom stereocenters. The van der Waals surface area contributed by atoms with Gasteiger partial charge >= 0.3 is 5.69 Å². The van der Waals surface area contributed by atoms with E-state index >= 15 is 0 Å². The van der Waals surface area contributed by atoms with E-state index in [0.29, 0.717) is 9.99 Å². The molecule has 0 saturated heterocycles. The molecule has 0 heterocycles. The molecule has 0 aromatic heterocycles. The van der Waals surface area contributed by atoms with Crippen LogP contribution >= 0.6 is 22.6 Å². The first-order valence-electron chi connectivity index (χ1n) is 4.97. The first-order chi connectivity index (χ1) is 8.53. The monoisotopic (exact) mass is 357 g/mol. The van der Waals surface area contributed by atoms with Gasteiger partial charge in [-0.1, -0.05) is 6.92 Å². The summed E-state index contributed by atoms with van der Waals surface area (Å²) in [6.07, 6.45) is -0.325. The molecular formula is C11H8IN3O3. The number of nitrogens with zero attached hydrogens (tertiary/aromatic N) is 3. The molecule has 1 aromatic carbocycles. The first-order valence-corrected chi connectivity index (χ1v) is 6.05. The Hall–Kier alpha value is -1.87. The summed E-state index contributed by atoms with van der Waals surface area (Å²) in [5.74, 6) is 0.0352. The van der Waals surface area contributed by atoms with E-state index in [4.69, 9.17) is 15.3 Å². The molecule has 6 nitrogen and oxygen atoms in total. The van der Waals surface area contributed by atoms with Gasteiger partial charge in [0.05, 0.1) is 20.1 Å². The number of nitriles is 2. The van der Waals surface area contributed by atoms with Crippen molar-refractivity contribution in [1.29, 1.82) is 10.5 Å². The zero-order chi connectivity index (χ0) is 13.7. The van der Waals surface area contributed by atoms with Crippen LogP contribution in [0.15, 0.2) is 12.1 Å². The van der Waals surface area contributed by atoms with E-state index in [0.717, 1.165) is 6.07 Å². The summed E-state index contributed by atoms with van der Waals surface area (Å²) in [5.41, 5.74) is -0.115. The van der Waals surface area contributed by atoms with Crippen molar-refractivity contribution in [2.45, 2.75) is 19.4 Å². The number of rotatable bonds is 4. The van der Waals surface area contributed by atoms with Gasteiger partial charge in [-0.3, -0.25) is 10.1 Å². The molecule has 0 aliphatic heterocycles. The summed E-state index contributed by atoms with van der Waals surface area (Å²) in [6.45, 7) is 1.75. The molecule has 1 aromatic rings. The van der Waals surface area contributed by atoms with Gasteiger partial charge in [0.1, 0.15) is 6.07 Å². The van der Waals surface area contributed by atoms with E-state index in [-0.39, 0.29) is 17.0 Å². The molecule has 18 heavy (non-hydrogen) atoms. The van der Waals surface area contributed by atoms with Crippen LogP contribution in [0.4, 0.5) is 5.69 Å². The molecule has 92 valence electrons. The van der Waals surface area contributed by atoms with Crippen molar-refractivity contribution in [3.05, 3.63) is 31.4 Å². The number of halogens is 1. The average molecular weight is 357 g/mol. The van der Waals surface area contributed by atoms with Crippen LogP contribution in [0.3, 0.4) is 0 Å². The maximum absolute atomic E-state index is 10.9. The molecule has 1 rings (SSSR count). The molecule has 0 bridgehead atoms. The predicted molar refractivity (Wildman–Crippen MR) is 70.8 cm³/mol. The summed E-state index contributed by atoms with van der Waals surface area (Å²) in [5, 5.41) is 28.5. The van der Waals surface area contributed by atoms with Crippen molar-refractivity contribution in [2.24, 2.45) is 0 Å². The lowest BCUT2D eigenvalue weighted by atomic mass is 10.2. The van der Waals surface area contributed by atoms with Crippen LogP contribution < -0.4 is 4.74 Å². The highest BCUT2D eigenvalue weighted by Crippen LogP contribution is 2.34. The van der Waals surface area contributed by atoms with E-state index in [9.17, 15) is 10.1 Å². The molecule has 0 aliphatic rings. The predicted octanol–water partition coefficient (Wildman–Crippen LogP) is 2.75. The lowest BCUT2D eigenvalue weighted by molar-refractivity contribution is -0.386. The minimum absolute atomic E-state index is 0.0352. The van der Waals surface area contributed by atoms with E-state index < -0.39 is 11.0 Å². The Labute approximate surface area is 117 Å². The van der Waals surface area contributed by atoms with Gasteiger partial charge in [-0.05, 0) is 35.1 Å². The van der Waals surface area contributed by atoms with E-state index in [1.807, 2.05) is 34.7 Å². The van der Waals surface area contributed by atoms with E-state index in [2.05, 4.69) is 0 Å². The fraction of sp³-hybridized carbons (Fsp3) is 0.273.